The molecule has 2 N–H and O–H groups in total. The summed E-state index contributed by atoms with van der Waals surface area (Å²) in [6.07, 6.45) is -2.53. The van der Waals surface area contributed by atoms with Gasteiger partial charge in [0, 0.05) is 16.6 Å². The van der Waals surface area contributed by atoms with Crippen LogP contribution in [-0.2, 0) is 9.84 Å². The van der Waals surface area contributed by atoms with E-state index in [4.69, 9.17) is 17.3 Å². The van der Waals surface area contributed by atoms with Crippen molar-refractivity contribution < 1.29 is 21.6 Å². The van der Waals surface area contributed by atoms with Gasteiger partial charge in [0.1, 0.15) is 5.70 Å². The zero-order valence-electron chi connectivity index (χ0n) is 17.5. The fraction of sp³-hybridized carbons (Fsp3) is 0.182. The predicted molar refractivity (Wildman–Crippen MR) is 126 cm³/mol. The average molecular weight is 514 g/mol. The van der Waals surface area contributed by atoms with Gasteiger partial charge in [0.25, 0.3) is 0 Å². The van der Waals surface area contributed by atoms with Crippen LogP contribution in [0.3, 0.4) is 0 Å². The van der Waals surface area contributed by atoms with Crippen LogP contribution < -0.4 is 5.73 Å². The molecule has 3 rings (SSSR count). The number of aliphatic imine (C=N–C) groups is 1. The van der Waals surface area contributed by atoms with E-state index in [1.165, 1.54) is 24.5 Å². The topological polar surface area (TPSA) is 85.4 Å². The van der Waals surface area contributed by atoms with Gasteiger partial charge in [0.2, 0.25) is 0 Å². The SMILES string of the molecule is CCS(=O)(=O)c1ncc(-c2ccc(C(/C=C(\N)C(F)(F)F)=Nc3ccccc3Cl)s2)cc1C. The number of thiophene rings is 1. The number of pyridine rings is 1. The normalized spacial score (nSPS) is 13.4. The van der Waals surface area contributed by atoms with Crippen LogP contribution in [0.4, 0.5) is 18.9 Å². The molecule has 0 fully saturated rings. The van der Waals surface area contributed by atoms with E-state index in [0.717, 1.165) is 6.08 Å². The third-order valence-corrected chi connectivity index (χ3v) is 7.81. The highest BCUT2D eigenvalue weighted by Crippen LogP contribution is 2.33. The molecule has 0 radical (unpaired) electrons. The van der Waals surface area contributed by atoms with Crippen molar-refractivity contribution in [2.24, 2.45) is 10.7 Å². The van der Waals surface area contributed by atoms with Gasteiger partial charge in [0.15, 0.2) is 14.9 Å². The Kier molecular flexibility index (Phi) is 7.30. The lowest BCUT2D eigenvalue weighted by atomic mass is 10.2. The number of hydrogen-bond acceptors (Lipinski definition) is 6. The molecule has 0 aliphatic heterocycles. The van der Waals surface area contributed by atoms with E-state index in [1.807, 2.05) is 0 Å². The molecule has 174 valence electrons. The van der Waals surface area contributed by atoms with Crippen molar-refractivity contribution in [3.63, 3.8) is 0 Å². The number of hydrogen-bond donors (Lipinski definition) is 1. The van der Waals surface area contributed by atoms with E-state index in [-0.39, 0.29) is 21.5 Å². The third kappa shape index (κ3) is 5.82. The van der Waals surface area contributed by atoms with Crippen molar-refractivity contribution in [3.05, 3.63) is 75.9 Å². The molecule has 3 aromatic rings. The molecule has 0 spiro atoms. The second kappa shape index (κ2) is 9.66. The molecule has 2 heterocycles. The fourth-order valence-corrected chi connectivity index (χ4v) is 5.01. The third-order valence-electron chi connectivity index (χ3n) is 4.56. The van der Waals surface area contributed by atoms with E-state index < -0.39 is 21.7 Å². The molecular weight excluding hydrogens is 495 g/mol. The molecule has 0 bridgehead atoms. The van der Waals surface area contributed by atoms with Crippen LogP contribution in [-0.4, -0.2) is 31.0 Å². The number of para-hydroxylation sites is 1. The number of nitrogens with two attached hydrogens (primary N) is 1. The highest BCUT2D eigenvalue weighted by atomic mass is 35.5. The molecular formula is C22H19ClF3N3O2S2. The van der Waals surface area contributed by atoms with Crippen LogP contribution in [0.1, 0.15) is 17.4 Å². The minimum absolute atomic E-state index is 0.00684. The highest BCUT2D eigenvalue weighted by Gasteiger charge is 2.32. The van der Waals surface area contributed by atoms with Crippen LogP contribution in [0.25, 0.3) is 10.4 Å². The number of benzene rings is 1. The van der Waals surface area contributed by atoms with Crippen molar-refractivity contribution in [1.82, 2.24) is 4.98 Å². The summed E-state index contributed by atoms with van der Waals surface area (Å²) < 4.78 is 63.6. The van der Waals surface area contributed by atoms with Crippen molar-refractivity contribution in [3.8, 4) is 10.4 Å². The smallest absolute Gasteiger partial charge is 0.395 e. The number of nitrogens with zero attached hydrogens (tertiary/aromatic N) is 2. The van der Waals surface area contributed by atoms with Crippen molar-refractivity contribution in [1.29, 1.82) is 0 Å². The summed E-state index contributed by atoms with van der Waals surface area (Å²) in [4.78, 5) is 9.50. The molecule has 5 nitrogen and oxygen atoms in total. The van der Waals surface area contributed by atoms with Crippen molar-refractivity contribution in [2.45, 2.75) is 25.0 Å². The lowest BCUT2D eigenvalue weighted by Gasteiger charge is -2.08. The molecule has 0 aliphatic carbocycles. The van der Waals surface area contributed by atoms with Gasteiger partial charge in [-0.2, -0.15) is 13.2 Å². The zero-order valence-corrected chi connectivity index (χ0v) is 19.9. The Bertz CT molecular complexity index is 1350. The Morgan fingerprint density at radius 3 is 2.55 bits per heavy atom. The summed E-state index contributed by atoms with van der Waals surface area (Å²) >= 11 is 7.30. The number of allylic oxidation sites excluding steroid dienone is 2. The summed E-state index contributed by atoms with van der Waals surface area (Å²) in [5.41, 5.74) is 5.35. The maximum Gasteiger partial charge on any atom is 0.430 e. The Labute approximate surface area is 198 Å². The van der Waals surface area contributed by atoms with E-state index in [1.54, 1.807) is 49.4 Å². The maximum absolute atomic E-state index is 13.1. The van der Waals surface area contributed by atoms with Crippen LogP contribution in [0.15, 0.2) is 70.5 Å². The Balaban J connectivity index is 2.08. The molecule has 33 heavy (non-hydrogen) atoms. The molecule has 0 saturated carbocycles. The van der Waals surface area contributed by atoms with E-state index in [0.29, 0.717) is 26.6 Å². The second-order valence-electron chi connectivity index (χ2n) is 6.96. The summed E-state index contributed by atoms with van der Waals surface area (Å²) in [6, 6.07) is 11.5. The Morgan fingerprint density at radius 1 is 1.24 bits per heavy atom. The minimum Gasteiger partial charge on any atom is -0.395 e. The van der Waals surface area contributed by atoms with Gasteiger partial charge in [-0.3, -0.25) is 0 Å². The summed E-state index contributed by atoms with van der Waals surface area (Å²) in [5.74, 6) is -0.0713. The predicted octanol–water partition coefficient (Wildman–Crippen LogP) is 6.09. The molecule has 0 amide bonds. The molecule has 0 saturated heterocycles. The molecule has 0 aliphatic rings. The second-order valence-corrected chi connectivity index (χ2v) is 10.6. The van der Waals surface area contributed by atoms with Gasteiger partial charge in [-0.05, 0) is 48.9 Å². The molecule has 2 aromatic heterocycles. The van der Waals surface area contributed by atoms with Gasteiger partial charge < -0.3 is 5.73 Å². The lowest BCUT2D eigenvalue weighted by molar-refractivity contribution is -0.0925. The highest BCUT2D eigenvalue weighted by molar-refractivity contribution is 7.91. The molecule has 0 unspecified atom stereocenters. The first kappa shape index (κ1) is 24.9. The summed E-state index contributed by atoms with van der Waals surface area (Å²) in [6.45, 7) is 3.18. The fourth-order valence-electron chi connectivity index (χ4n) is 2.85. The number of sulfone groups is 1. The lowest BCUT2D eigenvalue weighted by Crippen LogP contribution is -2.20. The minimum atomic E-state index is -4.72. The van der Waals surface area contributed by atoms with Crippen molar-refractivity contribution in [2.75, 3.05) is 5.75 Å². The quantitative estimate of drug-likeness (QED) is 0.404. The Hall–Kier alpha value is -2.69. The van der Waals surface area contributed by atoms with Gasteiger partial charge in [0.05, 0.1) is 27.1 Å². The van der Waals surface area contributed by atoms with Crippen LogP contribution in [0.5, 0.6) is 0 Å². The van der Waals surface area contributed by atoms with Crippen molar-refractivity contribution >= 4 is 44.2 Å². The molecule has 11 heteroatoms. The first-order chi connectivity index (χ1) is 15.4. The number of rotatable bonds is 6. The molecule has 0 atom stereocenters. The maximum atomic E-state index is 13.1. The van der Waals surface area contributed by atoms with E-state index in [9.17, 15) is 21.6 Å². The summed E-state index contributed by atoms with van der Waals surface area (Å²) in [7, 11) is -3.47. The number of halogens is 4. The largest absolute Gasteiger partial charge is 0.430 e. The Morgan fingerprint density at radius 2 is 1.94 bits per heavy atom. The van der Waals surface area contributed by atoms with Crippen LogP contribution >= 0.6 is 22.9 Å². The van der Waals surface area contributed by atoms with E-state index >= 15 is 0 Å². The van der Waals surface area contributed by atoms with Gasteiger partial charge in [-0.15, -0.1) is 11.3 Å². The standard InChI is InChI=1S/C22H19ClF3N3O2S2/c1-3-33(30,31)21-13(2)10-14(12-28-21)18-8-9-19(32-18)17(11-20(27)22(24,25)26)29-16-7-5-4-6-15(16)23/h4-12H,3,27H2,1-2H3/b20-11-,29-17?. The number of aryl methyl sites for hydroxylation is 1. The van der Waals surface area contributed by atoms with Gasteiger partial charge >= 0.3 is 6.18 Å². The number of alkyl halides is 3. The first-order valence-corrected chi connectivity index (χ1v) is 12.4. The average Bonchev–Trinajstić information content (AvgIpc) is 3.24. The van der Waals surface area contributed by atoms with Gasteiger partial charge in [-0.1, -0.05) is 30.7 Å². The van der Waals surface area contributed by atoms with Crippen LogP contribution in [0, 0.1) is 6.92 Å². The molecule has 1 aromatic carbocycles. The number of aromatic nitrogens is 1. The first-order valence-electron chi connectivity index (χ1n) is 9.60. The summed E-state index contributed by atoms with van der Waals surface area (Å²) in [5, 5.41) is 0.283. The van der Waals surface area contributed by atoms with Crippen LogP contribution in [0.2, 0.25) is 5.02 Å². The van der Waals surface area contributed by atoms with E-state index in [2.05, 4.69) is 9.98 Å². The van der Waals surface area contributed by atoms with Gasteiger partial charge in [-0.25, -0.2) is 18.4 Å². The zero-order chi connectivity index (χ0) is 24.4. The monoisotopic (exact) mass is 513 g/mol.